The molecule has 2 rings (SSSR count). The number of anilines is 1. The van der Waals surface area contributed by atoms with Crippen LogP contribution in [0.5, 0.6) is 0 Å². The van der Waals surface area contributed by atoms with Crippen LogP contribution in [0.2, 0.25) is 0 Å². The van der Waals surface area contributed by atoms with E-state index in [-0.39, 0.29) is 17.7 Å². The summed E-state index contributed by atoms with van der Waals surface area (Å²) >= 11 is 0. The summed E-state index contributed by atoms with van der Waals surface area (Å²) in [6, 6.07) is 6.82. The lowest BCUT2D eigenvalue weighted by Crippen LogP contribution is -2.41. The van der Waals surface area contributed by atoms with Crippen molar-refractivity contribution in [3.05, 3.63) is 29.8 Å². The Morgan fingerprint density at radius 2 is 2.20 bits per heavy atom. The lowest BCUT2D eigenvalue weighted by molar-refractivity contribution is -0.125. The van der Waals surface area contributed by atoms with Crippen LogP contribution in [0.15, 0.2) is 24.3 Å². The van der Waals surface area contributed by atoms with Gasteiger partial charge in [0.05, 0.1) is 0 Å². The summed E-state index contributed by atoms with van der Waals surface area (Å²) < 4.78 is 0. The lowest BCUT2D eigenvalue weighted by Gasteiger charge is -2.11. The fourth-order valence-corrected chi connectivity index (χ4v) is 2.09. The van der Waals surface area contributed by atoms with E-state index in [1.54, 1.807) is 12.1 Å². The van der Waals surface area contributed by atoms with Crippen LogP contribution in [0.3, 0.4) is 0 Å². The second kappa shape index (κ2) is 6.18. The molecule has 1 atom stereocenters. The molecular weight excluding hydrogens is 258 g/mol. The van der Waals surface area contributed by atoms with Crippen molar-refractivity contribution in [1.29, 1.82) is 0 Å². The van der Waals surface area contributed by atoms with Crippen LogP contribution in [0.1, 0.15) is 25.3 Å². The first-order chi connectivity index (χ1) is 9.54. The minimum atomic E-state index is -0.430. The Morgan fingerprint density at radius 3 is 2.85 bits per heavy atom. The Bertz CT molecular complexity index is 542. The first-order valence-electron chi connectivity index (χ1n) is 6.48. The van der Waals surface area contributed by atoms with Gasteiger partial charge >= 0.3 is 0 Å². The topological polar surface area (TPSA) is 87.3 Å². The SMILES string of the molecule is CC(=O)Nc1cccc(CNC(=O)C2CCC(=O)N2)c1. The lowest BCUT2D eigenvalue weighted by atomic mass is 10.1. The average Bonchev–Trinajstić information content (AvgIpc) is 2.82. The molecule has 3 N–H and O–H groups in total. The van der Waals surface area contributed by atoms with Crippen LogP contribution in [0, 0.1) is 0 Å². The highest BCUT2D eigenvalue weighted by Crippen LogP contribution is 2.11. The molecule has 106 valence electrons. The first-order valence-corrected chi connectivity index (χ1v) is 6.48. The van der Waals surface area contributed by atoms with E-state index in [2.05, 4.69) is 16.0 Å². The van der Waals surface area contributed by atoms with Crippen molar-refractivity contribution in [2.45, 2.75) is 32.4 Å². The van der Waals surface area contributed by atoms with Crippen molar-refractivity contribution < 1.29 is 14.4 Å². The summed E-state index contributed by atoms with van der Waals surface area (Å²) in [5.74, 6) is -0.404. The van der Waals surface area contributed by atoms with Gasteiger partial charge < -0.3 is 16.0 Å². The molecule has 1 fully saturated rings. The maximum Gasteiger partial charge on any atom is 0.242 e. The van der Waals surface area contributed by atoms with Crippen molar-refractivity contribution in [3.63, 3.8) is 0 Å². The number of amides is 3. The van der Waals surface area contributed by atoms with Gasteiger partial charge in [0, 0.05) is 25.6 Å². The molecule has 0 aliphatic carbocycles. The molecule has 0 bridgehead atoms. The molecule has 0 radical (unpaired) electrons. The highest BCUT2D eigenvalue weighted by molar-refractivity contribution is 5.91. The van der Waals surface area contributed by atoms with Crippen molar-refractivity contribution >= 4 is 23.4 Å². The molecule has 1 unspecified atom stereocenters. The Balaban J connectivity index is 1.88. The van der Waals surface area contributed by atoms with E-state index >= 15 is 0 Å². The Morgan fingerprint density at radius 1 is 1.40 bits per heavy atom. The molecule has 6 heteroatoms. The highest BCUT2D eigenvalue weighted by Gasteiger charge is 2.26. The average molecular weight is 275 g/mol. The van der Waals surface area contributed by atoms with Gasteiger partial charge in [-0.1, -0.05) is 12.1 Å². The second-order valence-corrected chi connectivity index (χ2v) is 4.76. The minimum Gasteiger partial charge on any atom is -0.350 e. The number of carbonyl (C=O) groups excluding carboxylic acids is 3. The van der Waals surface area contributed by atoms with Gasteiger partial charge in [-0.05, 0) is 24.1 Å². The Hall–Kier alpha value is -2.37. The van der Waals surface area contributed by atoms with Crippen LogP contribution in [-0.4, -0.2) is 23.8 Å². The fourth-order valence-electron chi connectivity index (χ4n) is 2.09. The molecule has 0 aromatic heterocycles. The van der Waals surface area contributed by atoms with Crippen molar-refractivity contribution in [1.82, 2.24) is 10.6 Å². The Kier molecular flexibility index (Phi) is 4.34. The van der Waals surface area contributed by atoms with Gasteiger partial charge in [-0.25, -0.2) is 0 Å². The zero-order valence-corrected chi connectivity index (χ0v) is 11.2. The van der Waals surface area contributed by atoms with E-state index in [1.165, 1.54) is 6.92 Å². The third kappa shape index (κ3) is 3.81. The van der Waals surface area contributed by atoms with Gasteiger partial charge in [0.2, 0.25) is 17.7 Å². The molecule has 1 aromatic rings. The van der Waals surface area contributed by atoms with Crippen LogP contribution < -0.4 is 16.0 Å². The molecule has 20 heavy (non-hydrogen) atoms. The number of carbonyl (C=O) groups is 3. The molecule has 1 aromatic carbocycles. The standard InChI is InChI=1S/C14H17N3O3/c1-9(18)16-11-4-2-3-10(7-11)8-15-14(20)12-5-6-13(19)17-12/h2-4,7,12H,5-6,8H2,1H3,(H,15,20)(H,16,18)(H,17,19). The molecule has 1 aliphatic heterocycles. The number of hydrogen-bond acceptors (Lipinski definition) is 3. The normalized spacial score (nSPS) is 17.4. The number of rotatable bonds is 4. The van der Waals surface area contributed by atoms with Crippen molar-refractivity contribution in [2.24, 2.45) is 0 Å². The van der Waals surface area contributed by atoms with Crippen molar-refractivity contribution in [2.75, 3.05) is 5.32 Å². The Labute approximate surface area is 116 Å². The van der Waals surface area contributed by atoms with E-state index in [0.717, 1.165) is 5.56 Å². The molecule has 1 saturated heterocycles. The smallest absolute Gasteiger partial charge is 0.242 e. The minimum absolute atomic E-state index is 0.0854. The number of hydrogen-bond donors (Lipinski definition) is 3. The van der Waals surface area contributed by atoms with E-state index < -0.39 is 6.04 Å². The summed E-state index contributed by atoms with van der Waals surface area (Å²) in [6.45, 7) is 1.80. The first kappa shape index (κ1) is 14.0. The molecular formula is C14H17N3O3. The van der Waals surface area contributed by atoms with E-state index in [9.17, 15) is 14.4 Å². The van der Waals surface area contributed by atoms with Gasteiger partial charge in [-0.3, -0.25) is 14.4 Å². The van der Waals surface area contributed by atoms with Gasteiger partial charge in [-0.2, -0.15) is 0 Å². The second-order valence-electron chi connectivity index (χ2n) is 4.76. The van der Waals surface area contributed by atoms with E-state index in [0.29, 0.717) is 25.1 Å². The molecule has 0 saturated carbocycles. The predicted octanol–water partition coefficient (Wildman–Crippen LogP) is 0.540. The molecule has 0 spiro atoms. The zero-order valence-electron chi connectivity index (χ0n) is 11.2. The molecule has 6 nitrogen and oxygen atoms in total. The van der Waals surface area contributed by atoms with E-state index in [4.69, 9.17) is 0 Å². The van der Waals surface area contributed by atoms with Crippen LogP contribution in [0.25, 0.3) is 0 Å². The fraction of sp³-hybridized carbons (Fsp3) is 0.357. The van der Waals surface area contributed by atoms with Crippen molar-refractivity contribution in [3.8, 4) is 0 Å². The van der Waals surface area contributed by atoms with E-state index in [1.807, 2.05) is 12.1 Å². The largest absolute Gasteiger partial charge is 0.350 e. The maximum atomic E-state index is 11.8. The van der Waals surface area contributed by atoms with Crippen LogP contribution >= 0.6 is 0 Å². The monoisotopic (exact) mass is 275 g/mol. The molecule has 1 heterocycles. The van der Waals surface area contributed by atoms with Gasteiger partial charge in [-0.15, -0.1) is 0 Å². The molecule has 1 aliphatic rings. The summed E-state index contributed by atoms with van der Waals surface area (Å²) in [6.07, 6.45) is 0.937. The number of benzene rings is 1. The predicted molar refractivity (Wildman–Crippen MR) is 73.8 cm³/mol. The van der Waals surface area contributed by atoms with Crippen LogP contribution in [-0.2, 0) is 20.9 Å². The van der Waals surface area contributed by atoms with Crippen LogP contribution in [0.4, 0.5) is 5.69 Å². The summed E-state index contributed by atoms with van der Waals surface area (Å²) in [5.41, 5.74) is 1.58. The third-order valence-corrected chi connectivity index (χ3v) is 3.03. The maximum absolute atomic E-state index is 11.8. The zero-order chi connectivity index (χ0) is 14.5. The summed E-state index contributed by atoms with van der Waals surface area (Å²) in [7, 11) is 0. The van der Waals surface area contributed by atoms with Gasteiger partial charge in [0.15, 0.2) is 0 Å². The van der Waals surface area contributed by atoms with Gasteiger partial charge in [0.25, 0.3) is 0 Å². The summed E-state index contributed by atoms with van der Waals surface area (Å²) in [4.78, 5) is 33.9. The number of nitrogens with one attached hydrogen (secondary N) is 3. The quantitative estimate of drug-likeness (QED) is 0.749. The van der Waals surface area contributed by atoms with Gasteiger partial charge in [0.1, 0.15) is 6.04 Å². The summed E-state index contributed by atoms with van der Waals surface area (Å²) in [5, 5.41) is 8.08. The highest BCUT2D eigenvalue weighted by atomic mass is 16.2. The third-order valence-electron chi connectivity index (χ3n) is 3.03. The molecule has 3 amide bonds.